The van der Waals surface area contributed by atoms with Crippen LogP contribution >= 0.6 is 0 Å². The molecule has 26 heavy (non-hydrogen) atoms. The standard InChI is InChI=1S/C21H33N3O2/c1-16-6-10-24(11-7-16)15-19-5-3-2-4-18(19)14-23-21(25)20(22)17-8-12-26-13-9-17/h2-5,16-17,20H,6-15,22H2,1H3,(H,23,25). The summed E-state index contributed by atoms with van der Waals surface area (Å²) < 4.78 is 5.36. The van der Waals surface area contributed by atoms with E-state index in [1.165, 1.54) is 24.0 Å². The Hall–Kier alpha value is -1.43. The largest absolute Gasteiger partial charge is 0.381 e. The van der Waals surface area contributed by atoms with Gasteiger partial charge in [-0.15, -0.1) is 0 Å². The van der Waals surface area contributed by atoms with E-state index in [1.807, 2.05) is 6.07 Å². The average Bonchev–Trinajstić information content (AvgIpc) is 2.69. The molecular weight excluding hydrogens is 326 g/mol. The van der Waals surface area contributed by atoms with Crippen LogP contribution in [0.15, 0.2) is 24.3 Å². The number of likely N-dealkylation sites (tertiary alicyclic amines) is 1. The number of nitrogens with zero attached hydrogens (tertiary/aromatic N) is 1. The number of carbonyl (C=O) groups is 1. The Labute approximate surface area is 157 Å². The van der Waals surface area contributed by atoms with Gasteiger partial charge in [0.15, 0.2) is 0 Å². The summed E-state index contributed by atoms with van der Waals surface area (Å²) in [5.41, 5.74) is 8.68. The fourth-order valence-electron chi connectivity index (χ4n) is 3.93. The van der Waals surface area contributed by atoms with Gasteiger partial charge in [-0.2, -0.15) is 0 Å². The molecule has 5 nitrogen and oxygen atoms in total. The van der Waals surface area contributed by atoms with Crippen LogP contribution in [0.4, 0.5) is 0 Å². The molecule has 2 saturated heterocycles. The zero-order chi connectivity index (χ0) is 18.4. The number of nitrogens with one attached hydrogen (secondary N) is 1. The van der Waals surface area contributed by atoms with Crippen LogP contribution in [0.3, 0.4) is 0 Å². The molecule has 3 rings (SSSR count). The van der Waals surface area contributed by atoms with E-state index in [0.29, 0.717) is 19.8 Å². The monoisotopic (exact) mass is 359 g/mol. The summed E-state index contributed by atoms with van der Waals surface area (Å²) in [6, 6.07) is 7.98. The SMILES string of the molecule is CC1CCN(Cc2ccccc2CNC(=O)C(N)C2CCOCC2)CC1. The molecule has 2 heterocycles. The average molecular weight is 360 g/mol. The molecule has 0 bridgehead atoms. The lowest BCUT2D eigenvalue weighted by Gasteiger charge is -2.31. The number of carbonyl (C=O) groups excluding carboxylic acids is 1. The van der Waals surface area contributed by atoms with Crippen LogP contribution in [0.5, 0.6) is 0 Å². The highest BCUT2D eigenvalue weighted by Crippen LogP contribution is 2.20. The van der Waals surface area contributed by atoms with Crippen molar-refractivity contribution in [3.8, 4) is 0 Å². The van der Waals surface area contributed by atoms with Gasteiger partial charge in [-0.25, -0.2) is 0 Å². The highest BCUT2D eigenvalue weighted by atomic mass is 16.5. The second-order valence-corrected chi connectivity index (χ2v) is 7.92. The molecular formula is C21H33N3O2. The second kappa shape index (κ2) is 9.49. The van der Waals surface area contributed by atoms with E-state index in [-0.39, 0.29) is 11.8 Å². The van der Waals surface area contributed by atoms with Crippen molar-refractivity contribution in [3.05, 3.63) is 35.4 Å². The van der Waals surface area contributed by atoms with Gasteiger partial charge in [0, 0.05) is 26.3 Å². The third-order valence-corrected chi connectivity index (χ3v) is 5.92. The molecule has 0 aromatic heterocycles. The van der Waals surface area contributed by atoms with Gasteiger partial charge in [-0.3, -0.25) is 9.69 Å². The van der Waals surface area contributed by atoms with Gasteiger partial charge in [0.25, 0.3) is 0 Å². The Kier molecular flexibility index (Phi) is 7.06. The van der Waals surface area contributed by atoms with Crippen molar-refractivity contribution in [1.29, 1.82) is 0 Å². The van der Waals surface area contributed by atoms with Crippen LogP contribution in [0.25, 0.3) is 0 Å². The van der Waals surface area contributed by atoms with Crippen LogP contribution in [0, 0.1) is 11.8 Å². The molecule has 1 unspecified atom stereocenters. The first-order valence-corrected chi connectivity index (χ1v) is 10.0. The molecule has 0 aliphatic carbocycles. The summed E-state index contributed by atoms with van der Waals surface area (Å²) >= 11 is 0. The smallest absolute Gasteiger partial charge is 0.237 e. The summed E-state index contributed by atoms with van der Waals surface area (Å²) in [4.78, 5) is 15.0. The number of piperidine rings is 1. The maximum Gasteiger partial charge on any atom is 0.237 e. The first-order chi connectivity index (χ1) is 12.6. The maximum atomic E-state index is 12.5. The summed E-state index contributed by atoms with van der Waals surface area (Å²) in [6.45, 7) is 7.60. The van der Waals surface area contributed by atoms with E-state index in [0.717, 1.165) is 38.4 Å². The van der Waals surface area contributed by atoms with E-state index >= 15 is 0 Å². The first kappa shape index (κ1) is 19.3. The van der Waals surface area contributed by atoms with Crippen molar-refractivity contribution < 1.29 is 9.53 Å². The molecule has 1 aromatic carbocycles. The highest BCUT2D eigenvalue weighted by Gasteiger charge is 2.26. The topological polar surface area (TPSA) is 67.6 Å². The van der Waals surface area contributed by atoms with E-state index in [4.69, 9.17) is 10.5 Å². The fourth-order valence-corrected chi connectivity index (χ4v) is 3.93. The summed E-state index contributed by atoms with van der Waals surface area (Å²) in [5, 5.41) is 3.06. The predicted molar refractivity (Wildman–Crippen MR) is 103 cm³/mol. The Morgan fingerprint density at radius 3 is 2.54 bits per heavy atom. The van der Waals surface area contributed by atoms with E-state index < -0.39 is 6.04 Å². The zero-order valence-corrected chi connectivity index (χ0v) is 16.0. The van der Waals surface area contributed by atoms with Gasteiger partial charge in [-0.1, -0.05) is 31.2 Å². The number of hydrogen-bond acceptors (Lipinski definition) is 4. The summed E-state index contributed by atoms with van der Waals surface area (Å²) in [6.07, 6.45) is 4.30. The minimum atomic E-state index is -0.436. The van der Waals surface area contributed by atoms with Gasteiger partial charge in [-0.05, 0) is 61.7 Å². The van der Waals surface area contributed by atoms with Crippen molar-refractivity contribution in [2.24, 2.45) is 17.6 Å². The highest BCUT2D eigenvalue weighted by molar-refractivity contribution is 5.81. The summed E-state index contributed by atoms with van der Waals surface area (Å²) in [5.74, 6) is 1.03. The second-order valence-electron chi connectivity index (χ2n) is 7.92. The van der Waals surface area contributed by atoms with Crippen molar-refractivity contribution in [2.45, 2.75) is 51.7 Å². The zero-order valence-electron chi connectivity index (χ0n) is 16.0. The van der Waals surface area contributed by atoms with Gasteiger partial charge in [0.2, 0.25) is 5.91 Å². The van der Waals surface area contributed by atoms with Crippen molar-refractivity contribution in [1.82, 2.24) is 10.2 Å². The number of benzene rings is 1. The third-order valence-electron chi connectivity index (χ3n) is 5.92. The van der Waals surface area contributed by atoms with Crippen molar-refractivity contribution >= 4 is 5.91 Å². The van der Waals surface area contributed by atoms with E-state index in [1.54, 1.807) is 0 Å². The Balaban J connectivity index is 1.53. The number of nitrogens with two attached hydrogens (primary N) is 1. The van der Waals surface area contributed by atoms with Crippen LogP contribution in [-0.2, 0) is 22.6 Å². The molecule has 1 atom stereocenters. The number of hydrogen-bond donors (Lipinski definition) is 2. The van der Waals surface area contributed by atoms with Crippen molar-refractivity contribution in [3.63, 3.8) is 0 Å². The van der Waals surface area contributed by atoms with Crippen LogP contribution in [-0.4, -0.2) is 43.2 Å². The predicted octanol–water partition coefficient (Wildman–Crippen LogP) is 2.29. The molecule has 144 valence electrons. The first-order valence-electron chi connectivity index (χ1n) is 10.0. The van der Waals surface area contributed by atoms with Gasteiger partial charge in [0.05, 0.1) is 6.04 Å². The van der Waals surface area contributed by atoms with Gasteiger partial charge in [0.1, 0.15) is 0 Å². The van der Waals surface area contributed by atoms with Crippen LogP contribution in [0.1, 0.15) is 43.7 Å². The Bertz CT molecular complexity index is 578. The number of amides is 1. The molecule has 2 aliphatic heterocycles. The number of rotatable bonds is 6. The van der Waals surface area contributed by atoms with Gasteiger partial charge >= 0.3 is 0 Å². The molecule has 0 saturated carbocycles. The minimum Gasteiger partial charge on any atom is -0.381 e. The molecule has 1 aromatic rings. The molecule has 0 spiro atoms. The molecule has 2 fully saturated rings. The number of ether oxygens (including phenoxy) is 1. The Morgan fingerprint density at radius 2 is 1.85 bits per heavy atom. The van der Waals surface area contributed by atoms with Crippen molar-refractivity contribution in [2.75, 3.05) is 26.3 Å². The van der Waals surface area contributed by atoms with Crippen LogP contribution < -0.4 is 11.1 Å². The lowest BCUT2D eigenvalue weighted by Crippen LogP contribution is -2.46. The molecule has 5 heteroatoms. The molecule has 2 aliphatic rings. The lowest BCUT2D eigenvalue weighted by atomic mass is 9.92. The lowest BCUT2D eigenvalue weighted by molar-refractivity contribution is -0.124. The maximum absolute atomic E-state index is 12.5. The van der Waals surface area contributed by atoms with Gasteiger partial charge < -0.3 is 15.8 Å². The minimum absolute atomic E-state index is 0.0431. The third kappa shape index (κ3) is 5.29. The normalized spacial score (nSPS) is 21.5. The summed E-state index contributed by atoms with van der Waals surface area (Å²) in [7, 11) is 0. The molecule has 0 radical (unpaired) electrons. The van der Waals surface area contributed by atoms with Crippen LogP contribution in [0.2, 0.25) is 0 Å². The van der Waals surface area contributed by atoms with E-state index in [9.17, 15) is 4.79 Å². The molecule has 3 N–H and O–H groups in total. The Morgan fingerprint density at radius 1 is 1.19 bits per heavy atom. The van der Waals surface area contributed by atoms with E-state index in [2.05, 4.69) is 35.3 Å². The molecule has 1 amide bonds. The quantitative estimate of drug-likeness (QED) is 0.818. The fraction of sp³-hybridized carbons (Fsp3) is 0.667.